The Hall–Kier alpha value is -4.51. The minimum atomic E-state index is 0.319. The van der Waals surface area contributed by atoms with Gasteiger partial charge in [0.25, 0.3) is 0 Å². The highest BCUT2D eigenvalue weighted by Gasteiger charge is 2.42. The third-order valence-electron chi connectivity index (χ3n) is 9.26. The van der Waals surface area contributed by atoms with Crippen molar-refractivity contribution in [3.05, 3.63) is 149 Å². The third-order valence-corrected chi connectivity index (χ3v) is 9.26. The lowest BCUT2D eigenvalue weighted by molar-refractivity contribution is 0.210. The minimum Gasteiger partial charge on any atom is -0.508 e. The van der Waals surface area contributed by atoms with Gasteiger partial charge in [-0.05, 0) is 60.1 Å². The number of hydrogen-bond donors (Lipinski definition) is 1. The lowest BCUT2D eigenvalue weighted by Gasteiger charge is -2.34. The molecular formula is C38H40N4O. The molecule has 1 N–H and O–H groups in total. The van der Waals surface area contributed by atoms with Crippen LogP contribution in [0.4, 0.5) is 0 Å². The fourth-order valence-electron chi connectivity index (χ4n) is 7.05. The van der Waals surface area contributed by atoms with E-state index in [2.05, 4.69) is 124 Å². The second-order valence-electron chi connectivity index (χ2n) is 12.1. The Morgan fingerprint density at radius 3 is 1.77 bits per heavy atom. The monoisotopic (exact) mass is 568 g/mol. The van der Waals surface area contributed by atoms with Gasteiger partial charge in [-0.2, -0.15) is 0 Å². The van der Waals surface area contributed by atoms with Gasteiger partial charge in [-0.1, -0.05) is 103 Å². The van der Waals surface area contributed by atoms with E-state index >= 15 is 0 Å². The summed E-state index contributed by atoms with van der Waals surface area (Å²) in [5.41, 5.74) is 5.37. The molecule has 0 aromatic heterocycles. The first-order valence-electron chi connectivity index (χ1n) is 15.7. The Morgan fingerprint density at radius 2 is 1.12 bits per heavy atom. The van der Waals surface area contributed by atoms with Gasteiger partial charge in [-0.3, -0.25) is 4.99 Å². The summed E-state index contributed by atoms with van der Waals surface area (Å²) in [5, 5.41) is 9.91. The first-order valence-corrected chi connectivity index (χ1v) is 15.7. The van der Waals surface area contributed by atoms with Crippen LogP contribution in [-0.2, 0) is 25.7 Å². The molecule has 3 aliphatic heterocycles. The first-order chi connectivity index (χ1) is 21.2. The predicted octanol–water partition coefficient (Wildman–Crippen LogP) is 5.96. The highest BCUT2D eigenvalue weighted by atomic mass is 16.3. The molecular weight excluding hydrogens is 528 g/mol. The van der Waals surface area contributed by atoms with Crippen LogP contribution in [-0.4, -0.2) is 69.9 Å². The molecule has 3 aliphatic rings. The molecule has 5 heteroatoms. The van der Waals surface area contributed by atoms with Crippen LogP contribution < -0.4 is 0 Å². The van der Waals surface area contributed by atoms with E-state index in [0.717, 1.165) is 57.7 Å². The molecule has 0 spiro atoms. The Balaban J connectivity index is 1.22. The Morgan fingerprint density at radius 1 is 0.581 bits per heavy atom. The van der Waals surface area contributed by atoms with Crippen molar-refractivity contribution in [3.8, 4) is 5.75 Å². The number of aromatic hydroxyl groups is 1. The number of phenolic OH excluding ortho intramolecular Hbond substituents is 1. The quantitative estimate of drug-likeness (QED) is 0.271. The van der Waals surface area contributed by atoms with E-state index in [0.29, 0.717) is 23.9 Å². The van der Waals surface area contributed by atoms with Crippen LogP contribution in [0, 0.1) is 0 Å². The number of fused-ring (bicyclic) bond motifs is 2. The molecule has 0 unspecified atom stereocenters. The summed E-state index contributed by atoms with van der Waals surface area (Å²) in [5.74, 6) is 2.76. The molecule has 3 atom stereocenters. The van der Waals surface area contributed by atoms with E-state index in [9.17, 15) is 5.11 Å². The average molecular weight is 569 g/mol. The van der Waals surface area contributed by atoms with E-state index < -0.39 is 0 Å². The summed E-state index contributed by atoms with van der Waals surface area (Å²) in [7, 11) is 0. The normalized spacial score (nSPS) is 21.2. The maximum absolute atomic E-state index is 9.91. The summed E-state index contributed by atoms with van der Waals surface area (Å²) in [6.07, 6.45) is 6.33. The van der Waals surface area contributed by atoms with E-state index in [1.807, 2.05) is 12.1 Å². The van der Waals surface area contributed by atoms with Crippen molar-refractivity contribution in [1.82, 2.24) is 14.7 Å². The Labute approximate surface area is 255 Å². The largest absolute Gasteiger partial charge is 0.508 e. The molecule has 3 heterocycles. The molecule has 0 saturated carbocycles. The van der Waals surface area contributed by atoms with Crippen molar-refractivity contribution in [3.63, 3.8) is 0 Å². The smallest absolute Gasteiger partial charge is 0.127 e. The average Bonchev–Trinajstić information content (AvgIpc) is 3.53. The number of phenols is 1. The molecule has 0 radical (unpaired) electrons. The number of hydrogen-bond acceptors (Lipinski definition) is 5. The topological polar surface area (TPSA) is 42.3 Å². The van der Waals surface area contributed by atoms with Crippen LogP contribution in [0.2, 0.25) is 0 Å². The van der Waals surface area contributed by atoms with Crippen molar-refractivity contribution in [2.24, 2.45) is 4.99 Å². The van der Waals surface area contributed by atoms with Crippen LogP contribution in [0.5, 0.6) is 5.75 Å². The van der Waals surface area contributed by atoms with Crippen LogP contribution in [0.15, 0.2) is 132 Å². The van der Waals surface area contributed by atoms with Gasteiger partial charge < -0.3 is 19.8 Å². The van der Waals surface area contributed by atoms with Crippen LogP contribution in [0.25, 0.3) is 0 Å². The maximum Gasteiger partial charge on any atom is 0.127 e. The van der Waals surface area contributed by atoms with Crippen LogP contribution >= 0.6 is 0 Å². The lowest BCUT2D eigenvalue weighted by atomic mass is 10.0. The van der Waals surface area contributed by atoms with Crippen molar-refractivity contribution in [2.45, 2.75) is 43.8 Å². The zero-order valence-corrected chi connectivity index (χ0v) is 24.7. The molecule has 5 nitrogen and oxygen atoms in total. The van der Waals surface area contributed by atoms with Gasteiger partial charge in [0.15, 0.2) is 0 Å². The van der Waals surface area contributed by atoms with Gasteiger partial charge in [-0.25, -0.2) is 0 Å². The maximum atomic E-state index is 9.91. The van der Waals surface area contributed by atoms with Gasteiger partial charge in [0.05, 0.1) is 24.7 Å². The number of rotatable bonds is 9. The Bertz CT molecular complexity index is 1550. The van der Waals surface area contributed by atoms with Crippen LogP contribution in [0.1, 0.15) is 22.3 Å². The number of nitrogens with zero attached hydrogens (tertiary/aromatic N) is 4. The summed E-state index contributed by atoms with van der Waals surface area (Å²) < 4.78 is 0. The Kier molecular flexibility index (Phi) is 7.87. The second kappa shape index (κ2) is 12.4. The SMILES string of the molecule is Oc1ccc(C[C@H]2CN3C(=CC4=NC[C@H](Cc5ccccc5)N4C[C@@H]3Cc3ccccc3)N2CCc2ccccc2)cc1. The van der Waals surface area contributed by atoms with E-state index in [4.69, 9.17) is 4.99 Å². The third kappa shape index (κ3) is 6.17. The summed E-state index contributed by atoms with van der Waals surface area (Å²) in [6.45, 7) is 3.73. The fraction of sp³-hybridized carbons (Fsp3) is 0.289. The number of benzene rings is 4. The van der Waals surface area contributed by atoms with Gasteiger partial charge in [0.1, 0.15) is 17.4 Å². The zero-order valence-electron chi connectivity index (χ0n) is 24.7. The minimum absolute atomic E-state index is 0.319. The van der Waals surface area contributed by atoms with E-state index in [-0.39, 0.29) is 0 Å². The van der Waals surface area contributed by atoms with Crippen molar-refractivity contribution >= 4 is 5.84 Å². The van der Waals surface area contributed by atoms with E-state index in [1.54, 1.807) is 0 Å². The molecule has 4 aromatic carbocycles. The highest BCUT2D eigenvalue weighted by molar-refractivity contribution is 5.95. The molecule has 0 amide bonds. The van der Waals surface area contributed by atoms with E-state index in [1.165, 1.54) is 28.1 Å². The van der Waals surface area contributed by atoms with Gasteiger partial charge in [-0.15, -0.1) is 0 Å². The fourth-order valence-corrected chi connectivity index (χ4v) is 7.05. The molecule has 218 valence electrons. The molecule has 43 heavy (non-hydrogen) atoms. The van der Waals surface area contributed by atoms with Gasteiger partial charge in [0.2, 0.25) is 0 Å². The second-order valence-corrected chi connectivity index (χ2v) is 12.1. The van der Waals surface area contributed by atoms with Crippen molar-refractivity contribution in [2.75, 3.05) is 26.2 Å². The summed E-state index contributed by atoms with van der Waals surface area (Å²) >= 11 is 0. The van der Waals surface area contributed by atoms with Crippen molar-refractivity contribution < 1.29 is 5.11 Å². The highest BCUT2D eigenvalue weighted by Crippen LogP contribution is 2.34. The molecule has 0 aliphatic carbocycles. The molecule has 7 rings (SSSR count). The lowest BCUT2D eigenvalue weighted by Crippen LogP contribution is -2.46. The van der Waals surface area contributed by atoms with Gasteiger partial charge in [0, 0.05) is 25.7 Å². The molecule has 1 fully saturated rings. The predicted molar refractivity (Wildman–Crippen MR) is 174 cm³/mol. The molecule has 0 bridgehead atoms. The summed E-state index contributed by atoms with van der Waals surface area (Å²) in [6, 6.07) is 41.5. The molecule has 1 saturated heterocycles. The molecule has 4 aromatic rings. The standard InChI is InChI=1S/C38H40N4O/c43-36-18-16-32(17-19-36)24-34-28-42-35(23-31-14-8-3-9-15-31)27-41-33(22-30-12-6-2-7-13-30)26-39-37(41)25-38(42)40(34)21-20-29-10-4-1-5-11-29/h1-19,25,33-35,43H,20-24,26-28H2/t33-,34-,35-/m0/s1. The van der Waals surface area contributed by atoms with Gasteiger partial charge >= 0.3 is 0 Å². The zero-order chi connectivity index (χ0) is 29.0. The number of aliphatic imine (C=N–C) groups is 1. The van der Waals surface area contributed by atoms with Crippen molar-refractivity contribution in [1.29, 1.82) is 0 Å². The first kappa shape index (κ1) is 27.3. The van der Waals surface area contributed by atoms with Crippen LogP contribution in [0.3, 0.4) is 0 Å². The summed E-state index contributed by atoms with van der Waals surface area (Å²) in [4.78, 5) is 13.1. The number of amidine groups is 1.